The number of aromatic nitrogens is 2. The van der Waals surface area contributed by atoms with Gasteiger partial charge in [-0.05, 0) is 49.4 Å². The second-order valence-corrected chi connectivity index (χ2v) is 7.31. The largest absolute Gasteiger partial charge is 0.416 e. The highest BCUT2D eigenvalue weighted by molar-refractivity contribution is 7.98. The van der Waals surface area contributed by atoms with Gasteiger partial charge in [0.2, 0.25) is 0 Å². The Morgan fingerprint density at radius 2 is 1.89 bits per heavy atom. The molecule has 3 nitrogen and oxygen atoms in total. The summed E-state index contributed by atoms with van der Waals surface area (Å²) >= 11 is 7.45. The summed E-state index contributed by atoms with van der Waals surface area (Å²) in [7, 11) is 0. The van der Waals surface area contributed by atoms with Crippen LogP contribution in [0, 0.1) is 0 Å². The van der Waals surface area contributed by atoms with E-state index in [0.717, 1.165) is 17.0 Å². The summed E-state index contributed by atoms with van der Waals surface area (Å²) in [5, 5.41) is 0.656. The van der Waals surface area contributed by atoms with Crippen molar-refractivity contribution in [1.82, 2.24) is 9.55 Å². The van der Waals surface area contributed by atoms with E-state index in [-0.39, 0.29) is 0 Å². The van der Waals surface area contributed by atoms with Gasteiger partial charge in [-0.1, -0.05) is 11.6 Å². The van der Waals surface area contributed by atoms with Crippen LogP contribution in [0.25, 0.3) is 11.0 Å². The van der Waals surface area contributed by atoms with Gasteiger partial charge in [0.25, 0.3) is 0 Å². The first-order valence-corrected chi connectivity index (χ1v) is 9.77. The highest BCUT2D eigenvalue weighted by atomic mass is 35.5. The second kappa shape index (κ2) is 8.54. The molecule has 0 unspecified atom stereocenters. The summed E-state index contributed by atoms with van der Waals surface area (Å²) in [6.07, 6.45) is -4.39. The Balaban J connectivity index is 1.90. The van der Waals surface area contributed by atoms with Crippen LogP contribution in [0.5, 0.6) is 0 Å². The van der Waals surface area contributed by atoms with Gasteiger partial charge < -0.3 is 9.30 Å². The molecular formula is C19H18ClF3N2OS. The number of thioether (sulfide) groups is 1. The normalized spacial score (nSPS) is 12.0. The third kappa shape index (κ3) is 4.97. The highest BCUT2D eigenvalue weighted by Gasteiger charge is 2.31. The summed E-state index contributed by atoms with van der Waals surface area (Å²) in [6, 6.07) is 11.1. The number of nitrogens with zero attached hydrogens (tertiary/aromatic N) is 2. The lowest BCUT2D eigenvalue weighted by atomic mass is 10.2. The maximum atomic E-state index is 13.0. The molecule has 0 radical (unpaired) electrons. The monoisotopic (exact) mass is 414 g/mol. The Morgan fingerprint density at radius 3 is 2.56 bits per heavy atom. The van der Waals surface area contributed by atoms with Gasteiger partial charge in [-0.2, -0.15) is 13.2 Å². The molecule has 3 aromatic rings. The Hall–Kier alpha value is -1.70. The van der Waals surface area contributed by atoms with Crippen LogP contribution >= 0.6 is 23.4 Å². The number of ether oxygens (including phenoxy) is 1. The van der Waals surface area contributed by atoms with E-state index in [0.29, 0.717) is 47.4 Å². The summed E-state index contributed by atoms with van der Waals surface area (Å²) in [5.41, 5.74) is 0.323. The predicted octanol–water partition coefficient (Wildman–Crippen LogP) is 6.04. The van der Waals surface area contributed by atoms with E-state index in [1.54, 1.807) is 23.9 Å². The van der Waals surface area contributed by atoms with Crippen LogP contribution in [0.2, 0.25) is 5.02 Å². The van der Waals surface area contributed by atoms with Crippen LogP contribution in [0.15, 0.2) is 47.4 Å². The quantitative estimate of drug-likeness (QED) is 0.348. The van der Waals surface area contributed by atoms with Gasteiger partial charge >= 0.3 is 6.18 Å². The second-order valence-electron chi connectivity index (χ2n) is 5.82. The molecule has 0 bridgehead atoms. The molecule has 144 valence electrons. The van der Waals surface area contributed by atoms with Crippen LogP contribution in [-0.2, 0) is 23.2 Å². The lowest BCUT2D eigenvalue weighted by Gasteiger charge is -2.10. The molecule has 0 aliphatic carbocycles. The average Bonchev–Trinajstić information content (AvgIpc) is 2.98. The van der Waals surface area contributed by atoms with Gasteiger partial charge in [0.15, 0.2) is 0 Å². The number of hydrogen-bond acceptors (Lipinski definition) is 3. The Morgan fingerprint density at radius 1 is 1.15 bits per heavy atom. The van der Waals surface area contributed by atoms with Gasteiger partial charge in [-0.3, -0.25) is 0 Å². The van der Waals surface area contributed by atoms with Gasteiger partial charge in [0.1, 0.15) is 5.82 Å². The molecule has 8 heteroatoms. The van der Waals surface area contributed by atoms with Crippen LogP contribution in [0.4, 0.5) is 13.2 Å². The fourth-order valence-electron chi connectivity index (χ4n) is 2.69. The SMILES string of the molecule is CCOCCn1c(CSc2ccc(Cl)cc2)nc2cc(C(F)(F)F)ccc21. The van der Waals surface area contributed by atoms with Crippen molar-refractivity contribution in [2.45, 2.75) is 30.3 Å². The summed E-state index contributed by atoms with van der Waals surface area (Å²) in [5.74, 6) is 1.24. The van der Waals surface area contributed by atoms with Crippen molar-refractivity contribution < 1.29 is 17.9 Å². The van der Waals surface area contributed by atoms with Gasteiger partial charge in [0, 0.05) is 23.1 Å². The molecule has 3 rings (SSSR count). The summed E-state index contributed by atoms with van der Waals surface area (Å²) < 4.78 is 46.4. The number of rotatable bonds is 7. The number of benzene rings is 2. The van der Waals surface area contributed by atoms with Gasteiger partial charge in [-0.15, -0.1) is 11.8 Å². The van der Waals surface area contributed by atoms with E-state index < -0.39 is 11.7 Å². The number of alkyl halides is 3. The molecule has 0 saturated carbocycles. The minimum atomic E-state index is -4.39. The zero-order valence-electron chi connectivity index (χ0n) is 14.6. The molecule has 0 spiro atoms. The van der Waals surface area contributed by atoms with E-state index in [1.807, 2.05) is 23.6 Å². The topological polar surface area (TPSA) is 27.1 Å². The summed E-state index contributed by atoms with van der Waals surface area (Å²) in [6.45, 7) is 3.49. The van der Waals surface area contributed by atoms with E-state index in [4.69, 9.17) is 16.3 Å². The van der Waals surface area contributed by atoms with E-state index in [9.17, 15) is 13.2 Å². The minimum Gasteiger partial charge on any atom is -0.380 e. The average molecular weight is 415 g/mol. The lowest BCUT2D eigenvalue weighted by molar-refractivity contribution is -0.137. The van der Waals surface area contributed by atoms with Crippen molar-refractivity contribution in [2.24, 2.45) is 0 Å². The minimum absolute atomic E-state index is 0.341. The van der Waals surface area contributed by atoms with Crippen molar-refractivity contribution in [3.8, 4) is 0 Å². The van der Waals surface area contributed by atoms with Crippen LogP contribution in [-0.4, -0.2) is 22.8 Å². The van der Waals surface area contributed by atoms with Crippen molar-refractivity contribution in [3.05, 3.63) is 58.9 Å². The van der Waals surface area contributed by atoms with Gasteiger partial charge in [0.05, 0.1) is 29.0 Å². The van der Waals surface area contributed by atoms with Crippen LogP contribution in [0.3, 0.4) is 0 Å². The van der Waals surface area contributed by atoms with Crippen molar-refractivity contribution >= 4 is 34.4 Å². The van der Waals surface area contributed by atoms with Crippen molar-refractivity contribution in [1.29, 1.82) is 0 Å². The molecular weight excluding hydrogens is 397 g/mol. The molecule has 0 atom stereocenters. The van der Waals surface area contributed by atoms with Crippen LogP contribution < -0.4 is 0 Å². The van der Waals surface area contributed by atoms with Crippen molar-refractivity contribution in [2.75, 3.05) is 13.2 Å². The molecule has 0 amide bonds. The maximum absolute atomic E-state index is 13.0. The molecule has 27 heavy (non-hydrogen) atoms. The first-order valence-electron chi connectivity index (χ1n) is 8.41. The predicted molar refractivity (Wildman–Crippen MR) is 102 cm³/mol. The third-order valence-corrected chi connectivity index (χ3v) is 5.26. The Labute approximate surface area is 164 Å². The molecule has 2 aromatic carbocycles. The first-order chi connectivity index (χ1) is 12.9. The maximum Gasteiger partial charge on any atom is 0.416 e. The number of imidazole rings is 1. The number of hydrogen-bond donors (Lipinski definition) is 0. The molecule has 0 saturated heterocycles. The fraction of sp³-hybridized carbons (Fsp3) is 0.316. The molecule has 0 N–H and O–H groups in total. The van der Waals surface area contributed by atoms with E-state index in [1.165, 1.54) is 6.07 Å². The van der Waals surface area contributed by atoms with Gasteiger partial charge in [-0.25, -0.2) is 4.98 Å². The number of fused-ring (bicyclic) bond motifs is 1. The lowest BCUT2D eigenvalue weighted by Crippen LogP contribution is -2.09. The van der Waals surface area contributed by atoms with Crippen LogP contribution in [0.1, 0.15) is 18.3 Å². The zero-order valence-corrected chi connectivity index (χ0v) is 16.2. The Kier molecular flexibility index (Phi) is 6.34. The van der Waals surface area contributed by atoms with E-state index >= 15 is 0 Å². The fourth-order valence-corrected chi connectivity index (χ4v) is 3.67. The smallest absolute Gasteiger partial charge is 0.380 e. The molecule has 0 aliphatic heterocycles. The molecule has 1 aromatic heterocycles. The molecule has 1 heterocycles. The standard InChI is InChI=1S/C19H18ClF3N2OS/c1-2-26-10-9-25-17-8-3-13(19(21,22)23)11-16(17)24-18(25)12-27-15-6-4-14(20)5-7-15/h3-8,11H,2,9-10,12H2,1H3. The van der Waals surface area contributed by atoms with Crippen molar-refractivity contribution in [3.63, 3.8) is 0 Å². The third-order valence-electron chi connectivity index (χ3n) is 4.00. The first kappa shape index (κ1) is 20.0. The molecule has 0 aliphatic rings. The zero-order chi connectivity index (χ0) is 19.4. The summed E-state index contributed by atoms with van der Waals surface area (Å²) in [4.78, 5) is 5.47. The number of halogens is 4. The van der Waals surface area contributed by atoms with E-state index in [2.05, 4.69) is 4.98 Å². The highest BCUT2D eigenvalue weighted by Crippen LogP contribution is 2.32. The Bertz CT molecular complexity index is 910. The molecule has 0 fully saturated rings.